The second-order valence-electron chi connectivity index (χ2n) is 3.93. The third-order valence-electron chi connectivity index (χ3n) is 2.38. The number of hydrogen-bond donors (Lipinski definition) is 3. The summed E-state index contributed by atoms with van der Waals surface area (Å²) in [6.07, 6.45) is 2.09. The van der Waals surface area contributed by atoms with E-state index >= 15 is 0 Å². The molecule has 0 radical (unpaired) electrons. The Morgan fingerprint density at radius 3 is 2.75 bits per heavy atom. The molecule has 0 fully saturated rings. The summed E-state index contributed by atoms with van der Waals surface area (Å²) in [4.78, 5) is 7.98. The Balaban J connectivity index is 2.81. The molecule has 0 saturated carbocycles. The highest BCUT2D eigenvalue weighted by atomic mass is 79.9. The van der Waals surface area contributed by atoms with Crippen molar-refractivity contribution in [2.75, 3.05) is 17.7 Å². The number of rotatable bonds is 5. The number of aromatic nitrogens is 2. The highest BCUT2D eigenvalue weighted by Crippen LogP contribution is 2.25. The molecule has 1 unspecified atom stereocenters. The van der Waals surface area contributed by atoms with Crippen LogP contribution in [0.2, 0.25) is 0 Å². The van der Waals surface area contributed by atoms with Gasteiger partial charge in [-0.25, -0.2) is 9.97 Å². The molecule has 1 aromatic heterocycles. The van der Waals surface area contributed by atoms with Gasteiger partial charge in [-0.2, -0.15) is 0 Å². The summed E-state index contributed by atoms with van der Waals surface area (Å²) in [7, 11) is 0. The predicted octanol–water partition coefficient (Wildman–Crippen LogP) is 1.64. The average Bonchev–Trinajstić information content (AvgIpc) is 2.23. The van der Waals surface area contributed by atoms with Gasteiger partial charge in [0.05, 0.1) is 0 Å². The minimum absolute atomic E-state index is 0.147. The summed E-state index contributed by atoms with van der Waals surface area (Å²) in [5.74, 6) is 1.47. The average molecular weight is 289 g/mol. The molecule has 1 aromatic rings. The van der Waals surface area contributed by atoms with Gasteiger partial charge in [0.1, 0.15) is 22.4 Å². The maximum absolute atomic E-state index is 8.98. The number of nitrogen functional groups attached to an aromatic ring is 1. The number of nitrogens with two attached hydrogens (primary N) is 1. The van der Waals surface area contributed by atoms with Gasteiger partial charge in [-0.15, -0.1) is 0 Å². The first-order chi connectivity index (χ1) is 7.56. The minimum atomic E-state index is 0.147. The van der Waals surface area contributed by atoms with Gasteiger partial charge in [0.25, 0.3) is 0 Å². The van der Waals surface area contributed by atoms with Crippen LogP contribution < -0.4 is 11.1 Å². The Morgan fingerprint density at radius 2 is 2.19 bits per heavy atom. The second kappa shape index (κ2) is 6.00. The van der Waals surface area contributed by atoms with Gasteiger partial charge >= 0.3 is 0 Å². The van der Waals surface area contributed by atoms with E-state index in [9.17, 15) is 0 Å². The number of aliphatic hydroxyl groups excluding tert-OH is 1. The smallest absolute Gasteiger partial charge is 0.146 e. The number of aliphatic hydroxyl groups is 1. The number of hydrogen-bond acceptors (Lipinski definition) is 5. The van der Waals surface area contributed by atoms with E-state index in [0.29, 0.717) is 28.4 Å². The molecule has 16 heavy (non-hydrogen) atoms. The van der Waals surface area contributed by atoms with Crippen LogP contribution in [0.15, 0.2) is 10.8 Å². The zero-order valence-corrected chi connectivity index (χ0v) is 11.0. The van der Waals surface area contributed by atoms with Crippen LogP contribution in [-0.4, -0.2) is 27.7 Å². The Kier molecular flexibility index (Phi) is 4.95. The zero-order valence-electron chi connectivity index (χ0n) is 9.44. The molecule has 0 bridgehead atoms. The van der Waals surface area contributed by atoms with Gasteiger partial charge in [0.2, 0.25) is 0 Å². The SMILES string of the molecule is CC(C)C(CCO)Nc1ncnc(N)c1Br. The van der Waals surface area contributed by atoms with E-state index in [1.54, 1.807) is 0 Å². The van der Waals surface area contributed by atoms with Gasteiger partial charge < -0.3 is 16.2 Å². The van der Waals surface area contributed by atoms with Crippen molar-refractivity contribution in [3.8, 4) is 0 Å². The van der Waals surface area contributed by atoms with E-state index in [1.807, 2.05) is 0 Å². The monoisotopic (exact) mass is 288 g/mol. The predicted molar refractivity (Wildman–Crippen MR) is 68.1 cm³/mol. The molecule has 0 aromatic carbocycles. The maximum atomic E-state index is 8.98. The third kappa shape index (κ3) is 3.31. The first kappa shape index (κ1) is 13.2. The molecule has 6 heteroatoms. The van der Waals surface area contributed by atoms with Crippen LogP contribution in [0.25, 0.3) is 0 Å². The summed E-state index contributed by atoms with van der Waals surface area (Å²) in [6.45, 7) is 4.32. The van der Waals surface area contributed by atoms with E-state index in [0.717, 1.165) is 0 Å². The summed E-state index contributed by atoms with van der Waals surface area (Å²) in [5.41, 5.74) is 5.66. The molecule has 1 rings (SSSR count). The van der Waals surface area contributed by atoms with Crippen molar-refractivity contribution in [2.24, 2.45) is 5.92 Å². The first-order valence-corrected chi connectivity index (χ1v) is 5.99. The Morgan fingerprint density at radius 1 is 1.50 bits per heavy atom. The lowest BCUT2D eigenvalue weighted by Gasteiger charge is -2.22. The standard InChI is InChI=1S/C10H17BrN4O/c1-6(2)7(3-4-16)15-10-8(11)9(12)13-5-14-10/h5-7,16H,3-4H2,1-2H3,(H3,12,13,14,15). The summed E-state index contributed by atoms with van der Waals surface area (Å²) in [6, 6.07) is 0.163. The highest BCUT2D eigenvalue weighted by Gasteiger charge is 2.15. The number of anilines is 2. The van der Waals surface area contributed by atoms with Gasteiger partial charge in [-0.1, -0.05) is 13.8 Å². The van der Waals surface area contributed by atoms with E-state index < -0.39 is 0 Å². The fourth-order valence-corrected chi connectivity index (χ4v) is 1.69. The van der Waals surface area contributed by atoms with E-state index in [2.05, 4.69) is 45.1 Å². The summed E-state index contributed by atoms with van der Waals surface area (Å²) in [5, 5.41) is 12.2. The molecule has 1 atom stereocenters. The largest absolute Gasteiger partial charge is 0.396 e. The molecule has 0 spiro atoms. The van der Waals surface area contributed by atoms with Crippen molar-refractivity contribution < 1.29 is 5.11 Å². The van der Waals surface area contributed by atoms with Crippen LogP contribution in [0, 0.1) is 5.92 Å². The molecule has 5 nitrogen and oxygen atoms in total. The molecular formula is C10H17BrN4O. The third-order valence-corrected chi connectivity index (χ3v) is 3.17. The quantitative estimate of drug-likeness (QED) is 0.767. The molecule has 0 aliphatic carbocycles. The topological polar surface area (TPSA) is 84.1 Å². The van der Waals surface area contributed by atoms with E-state index in [4.69, 9.17) is 10.8 Å². The van der Waals surface area contributed by atoms with Gasteiger partial charge in [-0.3, -0.25) is 0 Å². The van der Waals surface area contributed by atoms with Gasteiger partial charge in [0.15, 0.2) is 0 Å². The highest BCUT2D eigenvalue weighted by molar-refractivity contribution is 9.10. The lowest BCUT2D eigenvalue weighted by molar-refractivity contribution is 0.267. The maximum Gasteiger partial charge on any atom is 0.146 e. The fourth-order valence-electron chi connectivity index (χ4n) is 1.37. The van der Waals surface area contributed by atoms with Crippen molar-refractivity contribution >= 4 is 27.6 Å². The van der Waals surface area contributed by atoms with Crippen molar-refractivity contribution in [1.29, 1.82) is 0 Å². The van der Waals surface area contributed by atoms with Crippen LogP contribution in [-0.2, 0) is 0 Å². The first-order valence-electron chi connectivity index (χ1n) is 5.19. The van der Waals surface area contributed by atoms with Gasteiger partial charge in [0, 0.05) is 12.6 Å². The summed E-state index contributed by atoms with van der Waals surface area (Å²) >= 11 is 3.33. The molecule has 0 saturated heterocycles. The van der Waals surface area contributed by atoms with Crippen LogP contribution in [0.3, 0.4) is 0 Å². The lowest BCUT2D eigenvalue weighted by Crippen LogP contribution is -2.27. The molecule has 90 valence electrons. The van der Waals surface area contributed by atoms with Crippen molar-refractivity contribution in [1.82, 2.24) is 9.97 Å². The lowest BCUT2D eigenvalue weighted by atomic mass is 10.0. The second-order valence-corrected chi connectivity index (χ2v) is 4.72. The molecular weight excluding hydrogens is 272 g/mol. The van der Waals surface area contributed by atoms with Crippen LogP contribution >= 0.6 is 15.9 Å². The molecule has 4 N–H and O–H groups in total. The fraction of sp³-hybridized carbons (Fsp3) is 0.600. The van der Waals surface area contributed by atoms with Crippen LogP contribution in [0.1, 0.15) is 20.3 Å². The van der Waals surface area contributed by atoms with Crippen LogP contribution in [0.4, 0.5) is 11.6 Å². The minimum Gasteiger partial charge on any atom is -0.396 e. The van der Waals surface area contributed by atoms with Gasteiger partial charge in [-0.05, 0) is 28.3 Å². The van der Waals surface area contributed by atoms with Crippen molar-refractivity contribution in [2.45, 2.75) is 26.3 Å². The Hall–Kier alpha value is -0.880. The Labute approximate surface area is 104 Å². The zero-order chi connectivity index (χ0) is 12.1. The molecule has 0 amide bonds. The molecule has 1 heterocycles. The number of halogens is 1. The number of nitrogens with one attached hydrogen (secondary N) is 1. The number of nitrogens with zero attached hydrogens (tertiary/aromatic N) is 2. The van der Waals surface area contributed by atoms with E-state index in [-0.39, 0.29) is 12.6 Å². The van der Waals surface area contributed by atoms with Crippen molar-refractivity contribution in [3.05, 3.63) is 10.8 Å². The summed E-state index contributed by atoms with van der Waals surface area (Å²) < 4.78 is 0.665. The van der Waals surface area contributed by atoms with Crippen molar-refractivity contribution in [3.63, 3.8) is 0 Å². The van der Waals surface area contributed by atoms with Crippen LogP contribution in [0.5, 0.6) is 0 Å². The normalized spacial score (nSPS) is 12.8. The van der Waals surface area contributed by atoms with E-state index in [1.165, 1.54) is 6.33 Å². The molecule has 0 aliphatic heterocycles. The molecule has 0 aliphatic rings. The Bertz CT molecular complexity index is 346.